The molecule has 0 amide bonds. The van der Waals surface area contributed by atoms with Crippen molar-refractivity contribution in [3.05, 3.63) is 28.2 Å². The van der Waals surface area contributed by atoms with E-state index >= 15 is 0 Å². The second-order valence-electron chi connectivity index (χ2n) is 5.57. The lowest BCUT2D eigenvalue weighted by atomic mass is 10.1. The molecule has 1 N–H and O–H groups in total. The van der Waals surface area contributed by atoms with Gasteiger partial charge in [-0.05, 0) is 57.9 Å². The second-order valence-corrected chi connectivity index (χ2v) is 6.43. The summed E-state index contributed by atoms with van der Waals surface area (Å²) in [4.78, 5) is 0. The standard InChI is InChI=1S/C16H26BrNO/c1-6-10-18-12(3)14-9-8-13(11-15(14)17)19-16(4,5)7-2/h8-9,11-12,18H,6-7,10H2,1-5H3. The Labute approximate surface area is 126 Å². The van der Waals surface area contributed by atoms with Crippen LogP contribution in [0.1, 0.15) is 59.1 Å². The van der Waals surface area contributed by atoms with Gasteiger partial charge in [0, 0.05) is 10.5 Å². The Morgan fingerprint density at radius 1 is 1.32 bits per heavy atom. The maximum atomic E-state index is 6.00. The number of rotatable bonds is 7. The fourth-order valence-electron chi connectivity index (χ4n) is 1.78. The smallest absolute Gasteiger partial charge is 0.121 e. The molecule has 1 rings (SSSR count). The Morgan fingerprint density at radius 3 is 2.53 bits per heavy atom. The molecule has 0 bridgehead atoms. The Balaban J connectivity index is 2.79. The van der Waals surface area contributed by atoms with Crippen LogP contribution in [0.15, 0.2) is 22.7 Å². The van der Waals surface area contributed by atoms with Gasteiger partial charge in [0.05, 0.1) is 0 Å². The van der Waals surface area contributed by atoms with E-state index in [0.29, 0.717) is 6.04 Å². The molecule has 0 saturated heterocycles. The van der Waals surface area contributed by atoms with E-state index in [-0.39, 0.29) is 5.60 Å². The van der Waals surface area contributed by atoms with Crippen molar-refractivity contribution < 1.29 is 4.74 Å². The van der Waals surface area contributed by atoms with Crippen molar-refractivity contribution in [1.82, 2.24) is 5.32 Å². The molecule has 0 spiro atoms. The van der Waals surface area contributed by atoms with Crippen LogP contribution in [0.4, 0.5) is 0 Å². The van der Waals surface area contributed by atoms with Gasteiger partial charge in [-0.25, -0.2) is 0 Å². The molecule has 1 aromatic carbocycles. The van der Waals surface area contributed by atoms with Crippen LogP contribution in [0.25, 0.3) is 0 Å². The van der Waals surface area contributed by atoms with E-state index in [1.807, 2.05) is 0 Å². The summed E-state index contributed by atoms with van der Waals surface area (Å²) in [6.07, 6.45) is 2.13. The van der Waals surface area contributed by atoms with E-state index in [9.17, 15) is 0 Å². The molecule has 19 heavy (non-hydrogen) atoms. The molecule has 1 atom stereocenters. The predicted molar refractivity (Wildman–Crippen MR) is 85.8 cm³/mol. The van der Waals surface area contributed by atoms with E-state index in [1.165, 1.54) is 5.56 Å². The molecule has 1 unspecified atom stereocenters. The summed E-state index contributed by atoms with van der Waals surface area (Å²) in [6, 6.07) is 6.61. The van der Waals surface area contributed by atoms with Crippen molar-refractivity contribution in [2.24, 2.45) is 0 Å². The summed E-state index contributed by atoms with van der Waals surface area (Å²) in [5, 5.41) is 3.50. The molecule has 0 aliphatic carbocycles. The fraction of sp³-hybridized carbons (Fsp3) is 0.625. The molecule has 0 saturated carbocycles. The highest BCUT2D eigenvalue weighted by Crippen LogP contribution is 2.30. The molecular weight excluding hydrogens is 302 g/mol. The maximum absolute atomic E-state index is 6.00. The topological polar surface area (TPSA) is 21.3 Å². The zero-order chi connectivity index (χ0) is 14.5. The summed E-state index contributed by atoms with van der Waals surface area (Å²) in [6.45, 7) is 11.8. The minimum absolute atomic E-state index is 0.118. The summed E-state index contributed by atoms with van der Waals surface area (Å²) in [7, 11) is 0. The van der Waals surface area contributed by atoms with Gasteiger partial charge in [-0.2, -0.15) is 0 Å². The monoisotopic (exact) mass is 327 g/mol. The van der Waals surface area contributed by atoms with Crippen molar-refractivity contribution in [1.29, 1.82) is 0 Å². The second kappa shape index (κ2) is 7.30. The van der Waals surface area contributed by atoms with Gasteiger partial charge < -0.3 is 10.1 Å². The van der Waals surface area contributed by atoms with Gasteiger partial charge in [0.1, 0.15) is 11.4 Å². The van der Waals surface area contributed by atoms with Gasteiger partial charge in [-0.15, -0.1) is 0 Å². The maximum Gasteiger partial charge on any atom is 0.121 e. The van der Waals surface area contributed by atoms with Crippen LogP contribution in [0.5, 0.6) is 5.75 Å². The number of benzene rings is 1. The van der Waals surface area contributed by atoms with Crippen LogP contribution in [0, 0.1) is 0 Å². The van der Waals surface area contributed by atoms with Crippen molar-refractivity contribution in [2.75, 3.05) is 6.54 Å². The Hall–Kier alpha value is -0.540. The first kappa shape index (κ1) is 16.5. The number of hydrogen-bond acceptors (Lipinski definition) is 2. The minimum Gasteiger partial charge on any atom is -0.488 e. The highest BCUT2D eigenvalue weighted by atomic mass is 79.9. The van der Waals surface area contributed by atoms with Gasteiger partial charge >= 0.3 is 0 Å². The SMILES string of the molecule is CCCNC(C)c1ccc(OC(C)(C)CC)cc1Br. The Bertz CT molecular complexity index is 404. The first-order chi connectivity index (χ1) is 8.89. The summed E-state index contributed by atoms with van der Waals surface area (Å²) < 4.78 is 7.10. The molecule has 0 radical (unpaired) electrons. The normalized spacial score (nSPS) is 13.4. The molecule has 3 heteroatoms. The number of ether oxygens (including phenoxy) is 1. The lowest BCUT2D eigenvalue weighted by Gasteiger charge is -2.25. The number of hydrogen-bond donors (Lipinski definition) is 1. The highest BCUT2D eigenvalue weighted by molar-refractivity contribution is 9.10. The van der Waals surface area contributed by atoms with Crippen LogP contribution in [-0.2, 0) is 0 Å². The molecule has 0 aliphatic rings. The lowest BCUT2D eigenvalue weighted by molar-refractivity contribution is 0.105. The zero-order valence-corrected chi connectivity index (χ0v) is 14.3. The molecule has 0 fully saturated rings. The van der Waals surface area contributed by atoms with Gasteiger partial charge in [-0.3, -0.25) is 0 Å². The molecule has 0 aromatic heterocycles. The van der Waals surface area contributed by atoms with Gasteiger partial charge in [0.15, 0.2) is 0 Å². The molecule has 0 aliphatic heterocycles. The van der Waals surface area contributed by atoms with Crippen molar-refractivity contribution >= 4 is 15.9 Å². The largest absolute Gasteiger partial charge is 0.488 e. The molecule has 2 nitrogen and oxygen atoms in total. The average molecular weight is 328 g/mol. The van der Waals surface area contributed by atoms with Gasteiger partial charge in [0.25, 0.3) is 0 Å². The van der Waals surface area contributed by atoms with E-state index < -0.39 is 0 Å². The Kier molecular flexibility index (Phi) is 6.34. The van der Waals surface area contributed by atoms with Crippen LogP contribution in [0.3, 0.4) is 0 Å². The summed E-state index contributed by atoms with van der Waals surface area (Å²) in [5.74, 6) is 0.921. The first-order valence-electron chi connectivity index (χ1n) is 7.11. The average Bonchev–Trinajstić information content (AvgIpc) is 2.35. The van der Waals surface area contributed by atoms with Crippen molar-refractivity contribution in [3.8, 4) is 5.75 Å². The molecular formula is C16H26BrNO. The van der Waals surface area contributed by atoms with E-state index in [1.54, 1.807) is 0 Å². The third-order valence-corrected chi connectivity index (χ3v) is 4.07. The quantitative estimate of drug-likeness (QED) is 0.754. The zero-order valence-electron chi connectivity index (χ0n) is 12.7. The first-order valence-corrected chi connectivity index (χ1v) is 7.90. The number of nitrogens with one attached hydrogen (secondary N) is 1. The fourth-order valence-corrected chi connectivity index (χ4v) is 2.49. The van der Waals surface area contributed by atoms with Crippen LogP contribution < -0.4 is 10.1 Å². The minimum atomic E-state index is -0.118. The van der Waals surface area contributed by atoms with E-state index in [4.69, 9.17) is 4.74 Å². The van der Waals surface area contributed by atoms with Crippen LogP contribution >= 0.6 is 15.9 Å². The van der Waals surface area contributed by atoms with Gasteiger partial charge in [-0.1, -0.05) is 35.8 Å². The third-order valence-electron chi connectivity index (χ3n) is 3.38. The van der Waals surface area contributed by atoms with Crippen LogP contribution in [0.2, 0.25) is 0 Å². The summed E-state index contributed by atoms with van der Waals surface area (Å²) >= 11 is 3.65. The summed E-state index contributed by atoms with van der Waals surface area (Å²) in [5.41, 5.74) is 1.16. The van der Waals surface area contributed by atoms with Gasteiger partial charge in [0.2, 0.25) is 0 Å². The highest BCUT2D eigenvalue weighted by Gasteiger charge is 2.17. The molecule has 108 valence electrons. The predicted octanol–water partition coefficient (Wildman–Crippen LogP) is 5.08. The Morgan fingerprint density at radius 2 is 2.00 bits per heavy atom. The van der Waals surface area contributed by atoms with E-state index in [0.717, 1.165) is 29.6 Å². The van der Waals surface area contributed by atoms with Crippen molar-refractivity contribution in [3.63, 3.8) is 0 Å². The lowest BCUT2D eigenvalue weighted by Crippen LogP contribution is -2.26. The molecule has 1 aromatic rings. The molecule has 0 heterocycles. The third kappa shape index (κ3) is 5.15. The van der Waals surface area contributed by atoms with Crippen molar-refractivity contribution in [2.45, 2.75) is 59.1 Å². The van der Waals surface area contributed by atoms with Crippen LogP contribution in [-0.4, -0.2) is 12.1 Å². The van der Waals surface area contributed by atoms with E-state index in [2.05, 4.69) is 74.1 Å². The number of halogens is 1.